The first-order chi connectivity index (χ1) is 10.7. The molecule has 1 aromatic heterocycles. The average Bonchev–Trinajstić information content (AvgIpc) is 2.92. The first-order valence-electron chi connectivity index (χ1n) is 6.84. The molecule has 1 amide bonds. The highest BCUT2D eigenvalue weighted by molar-refractivity contribution is 7.92. The van der Waals surface area contributed by atoms with Crippen molar-refractivity contribution in [2.45, 2.75) is 19.4 Å². The number of hydrogen-bond donors (Lipinski definition) is 2. The Kier molecular flexibility index (Phi) is 5.67. The summed E-state index contributed by atoms with van der Waals surface area (Å²) in [6.45, 7) is 1.92. The van der Waals surface area contributed by atoms with Crippen molar-refractivity contribution in [3.05, 3.63) is 51.2 Å². The molecule has 0 fully saturated rings. The maximum Gasteiger partial charge on any atom is 0.251 e. The third-order valence-corrected chi connectivity index (χ3v) is 4.68. The van der Waals surface area contributed by atoms with Gasteiger partial charge in [-0.15, -0.1) is 0 Å². The second kappa shape index (κ2) is 7.33. The summed E-state index contributed by atoms with van der Waals surface area (Å²) in [5, 5.41) is 7.16. The number of halogens is 1. The van der Waals surface area contributed by atoms with E-state index in [9.17, 15) is 13.2 Å². The van der Waals surface area contributed by atoms with Crippen molar-refractivity contribution in [1.29, 1.82) is 0 Å². The van der Waals surface area contributed by atoms with Gasteiger partial charge in [0.15, 0.2) is 0 Å². The van der Waals surface area contributed by atoms with Crippen LogP contribution in [0.15, 0.2) is 35.0 Å². The van der Waals surface area contributed by atoms with Crippen LogP contribution in [0.1, 0.15) is 22.8 Å². The summed E-state index contributed by atoms with van der Waals surface area (Å²) in [4.78, 5) is 12.3. The number of rotatable bonds is 6. The minimum Gasteiger partial charge on any atom is -0.349 e. The molecule has 124 valence electrons. The van der Waals surface area contributed by atoms with Crippen LogP contribution >= 0.6 is 22.9 Å². The van der Waals surface area contributed by atoms with Gasteiger partial charge in [-0.2, -0.15) is 11.3 Å². The van der Waals surface area contributed by atoms with E-state index < -0.39 is 10.0 Å². The van der Waals surface area contributed by atoms with Crippen molar-refractivity contribution in [3.8, 4) is 0 Å². The fraction of sp³-hybridized carbons (Fsp3) is 0.267. The molecule has 0 saturated heterocycles. The van der Waals surface area contributed by atoms with Gasteiger partial charge in [-0.3, -0.25) is 9.52 Å². The lowest BCUT2D eigenvalue weighted by Gasteiger charge is -2.14. The quantitative estimate of drug-likeness (QED) is 0.817. The first-order valence-corrected chi connectivity index (χ1v) is 10.0. The molecule has 23 heavy (non-hydrogen) atoms. The van der Waals surface area contributed by atoms with Gasteiger partial charge in [0, 0.05) is 11.6 Å². The molecule has 0 radical (unpaired) electrons. The zero-order valence-corrected chi connectivity index (χ0v) is 15.1. The van der Waals surface area contributed by atoms with Gasteiger partial charge in [-0.25, -0.2) is 8.42 Å². The number of carbonyl (C=O) groups excluding carboxylic acids is 1. The molecule has 0 spiro atoms. The number of sulfonamides is 1. The van der Waals surface area contributed by atoms with Crippen LogP contribution in [-0.2, 0) is 16.4 Å². The van der Waals surface area contributed by atoms with Crippen LogP contribution in [0.3, 0.4) is 0 Å². The van der Waals surface area contributed by atoms with E-state index in [-0.39, 0.29) is 22.7 Å². The van der Waals surface area contributed by atoms with Crippen molar-refractivity contribution in [1.82, 2.24) is 5.32 Å². The lowest BCUT2D eigenvalue weighted by Crippen LogP contribution is -2.34. The van der Waals surface area contributed by atoms with Crippen molar-refractivity contribution < 1.29 is 13.2 Å². The molecule has 1 unspecified atom stereocenters. The third kappa shape index (κ3) is 5.53. The molecule has 8 heteroatoms. The zero-order valence-electron chi connectivity index (χ0n) is 12.7. The lowest BCUT2D eigenvalue weighted by atomic mass is 10.1. The van der Waals surface area contributed by atoms with Crippen molar-refractivity contribution in [2.75, 3.05) is 11.0 Å². The second-order valence-corrected chi connectivity index (χ2v) is 8.21. The molecule has 0 aliphatic carbocycles. The molecular formula is C15H17ClN2O3S2. The molecule has 0 saturated carbocycles. The molecular weight excluding hydrogens is 356 g/mol. The minimum atomic E-state index is -3.46. The SMILES string of the molecule is CC(Cc1ccsc1)NC(=O)c1ccc(Cl)c(NS(C)(=O)=O)c1. The minimum absolute atomic E-state index is 0.0425. The van der Waals surface area contributed by atoms with Gasteiger partial charge < -0.3 is 5.32 Å². The van der Waals surface area contributed by atoms with Crippen LogP contribution in [0.2, 0.25) is 5.02 Å². The van der Waals surface area contributed by atoms with Gasteiger partial charge in [0.05, 0.1) is 17.0 Å². The summed E-state index contributed by atoms with van der Waals surface area (Å²) < 4.78 is 24.9. The summed E-state index contributed by atoms with van der Waals surface area (Å²) in [6, 6.07) is 6.45. The first kappa shape index (κ1) is 17.8. The normalized spacial score (nSPS) is 12.7. The summed E-state index contributed by atoms with van der Waals surface area (Å²) >= 11 is 7.56. The van der Waals surface area contributed by atoms with E-state index in [0.717, 1.165) is 12.7 Å². The Balaban J connectivity index is 2.08. The molecule has 0 bridgehead atoms. The molecule has 1 aromatic carbocycles. The number of anilines is 1. The predicted molar refractivity (Wildman–Crippen MR) is 94.9 cm³/mol. The predicted octanol–water partition coefficient (Wildman–Crippen LogP) is 3.13. The molecule has 2 rings (SSSR count). The molecule has 1 atom stereocenters. The highest BCUT2D eigenvalue weighted by atomic mass is 35.5. The fourth-order valence-corrected chi connectivity index (χ4v) is 3.54. The molecule has 2 aromatic rings. The number of amides is 1. The van der Waals surface area contributed by atoms with E-state index in [1.807, 2.05) is 23.8 Å². The number of thiophene rings is 1. The van der Waals surface area contributed by atoms with E-state index in [0.29, 0.717) is 5.56 Å². The van der Waals surface area contributed by atoms with E-state index >= 15 is 0 Å². The molecule has 1 heterocycles. The van der Waals surface area contributed by atoms with Gasteiger partial charge in [-0.1, -0.05) is 11.6 Å². The number of hydrogen-bond acceptors (Lipinski definition) is 4. The van der Waals surface area contributed by atoms with E-state index in [4.69, 9.17) is 11.6 Å². The van der Waals surface area contributed by atoms with Crippen LogP contribution in [0.5, 0.6) is 0 Å². The van der Waals surface area contributed by atoms with E-state index in [1.165, 1.54) is 17.7 Å². The van der Waals surface area contributed by atoms with Crippen LogP contribution in [-0.4, -0.2) is 26.6 Å². The van der Waals surface area contributed by atoms with Gasteiger partial charge >= 0.3 is 0 Å². The molecule has 2 N–H and O–H groups in total. The Labute approximate surface area is 144 Å². The van der Waals surface area contributed by atoms with E-state index in [2.05, 4.69) is 10.0 Å². The highest BCUT2D eigenvalue weighted by Gasteiger charge is 2.14. The van der Waals surface area contributed by atoms with Crippen molar-refractivity contribution >= 4 is 44.6 Å². The fourth-order valence-electron chi connectivity index (χ4n) is 2.06. The smallest absolute Gasteiger partial charge is 0.251 e. The van der Waals surface area contributed by atoms with Gasteiger partial charge in [0.1, 0.15) is 0 Å². The Morgan fingerprint density at radius 1 is 1.35 bits per heavy atom. The van der Waals surface area contributed by atoms with E-state index in [1.54, 1.807) is 17.4 Å². The lowest BCUT2D eigenvalue weighted by molar-refractivity contribution is 0.0940. The van der Waals surface area contributed by atoms with Gasteiger partial charge in [0.2, 0.25) is 10.0 Å². The Bertz CT molecular complexity index is 789. The summed E-state index contributed by atoms with van der Waals surface area (Å²) in [5.74, 6) is -0.277. The summed E-state index contributed by atoms with van der Waals surface area (Å²) in [6.07, 6.45) is 1.76. The Hall–Kier alpha value is -1.57. The van der Waals surface area contributed by atoms with Gasteiger partial charge in [0.25, 0.3) is 5.91 Å². The molecule has 5 nitrogen and oxygen atoms in total. The van der Waals surface area contributed by atoms with Crippen molar-refractivity contribution in [2.24, 2.45) is 0 Å². The maximum absolute atomic E-state index is 12.3. The monoisotopic (exact) mass is 372 g/mol. The Morgan fingerprint density at radius 2 is 2.09 bits per heavy atom. The zero-order chi connectivity index (χ0) is 17.0. The topological polar surface area (TPSA) is 75.3 Å². The van der Waals surface area contributed by atoms with Crippen LogP contribution < -0.4 is 10.0 Å². The van der Waals surface area contributed by atoms with Crippen molar-refractivity contribution in [3.63, 3.8) is 0 Å². The standard InChI is InChI=1S/C15H17ClN2O3S2/c1-10(7-11-5-6-22-9-11)17-15(19)12-3-4-13(16)14(8-12)18-23(2,20)21/h3-6,8-10,18H,7H2,1-2H3,(H,17,19). The highest BCUT2D eigenvalue weighted by Crippen LogP contribution is 2.24. The largest absolute Gasteiger partial charge is 0.349 e. The molecule has 0 aliphatic heterocycles. The molecule has 0 aliphatic rings. The number of benzene rings is 1. The maximum atomic E-state index is 12.3. The third-order valence-electron chi connectivity index (χ3n) is 3.02. The van der Waals surface area contributed by atoms with Crippen LogP contribution in [0.4, 0.5) is 5.69 Å². The average molecular weight is 373 g/mol. The van der Waals surface area contributed by atoms with Gasteiger partial charge in [-0.05, 0) is 53.9 Å². The van der Waals surface area contributed by atoms with Crippen LogP contribution in [0, 0.1) is 0 Å². The second-order valence-electron chi connectivity index (χ2n) is 5.28. The van der Waals surface area contributed by atoms with Crippen LogP contribution in [0.25, 0.3) is 0 Å². The summed E-state index contributed by atoms with van der Waals surface area (Å²) in [7, 11) is -3.46. The number of nitrogens with one attached hydrogen (secondary N) is 2. The Morgan fingerprint density at radius 3 is 2.70 bits per heavy atom. The summed E-state index contributed by atoms with van der Waals surface area (Å²) in [5.41, 5.74) is 1.70. The number of carbonyl (C=O) groups is 1.